The fraction of sp³-hybridized carbons (Fsp3) is 0.407. The smallest absolute Gasteiger partial charge is 0.407 e. The van der Waals surface area contributed by atoms with E-state index < -0.39 is 24.3 Å². The Labute approximate surface area is 394 Å². The van der Waals surface area contributed by atoms with Gasteiger partial charge in [-0.25, -0.2) is 19.6 Å². The normalized spacial score (nSPS) is 21.4. The maximum absolute atomic E-state index is 14.5. The first-order valence-corrected chi connectivity index (χ1v) is 24.3. The third-order valence-electron chi connectivity index (χ3n) is 15.4. The highest BCUT2D eigenvalue weighted by atomic mass is 16.5. The number of fused-ring (bicyclic) bond motifs is 8. The van der Waals surface area contributed by atoms with Crippen LogP contribution < -0.4 is 10.6 Å². The largest absolute Gasteiger partial charge is 0.453 e. The van der Waals surface area contributed by atoms with Gasteiger partial charge in [-0.2, -0.15) is 0 Å². The second kappa shape index (κ2) is 17.6. The minimum atomic E-state index is -0.886. The highest BCUT2D eigenvalue weighted by molar-refractivity contribution is 6.07. The van der Waals surface area contributed by atoms with E-state index in [0.717, 1.165) is 117 Å². The summed E-state index contributed by atoms with van der Waals surface area (Å²) in [5.74, 6) is 1.90. The molecule has 0 spiro atoms. The van der Waals surface area contributed by atoms with Crippen molar-refractivity contribution in [3.8, 4) is 11.1 Å². The summed E-state index contributed by atoms with van der Waals surface area (Å²) in [5.41, 5.74) is 7.66. The molecular weight excluding hydrogens is 857 g/mol. The third-order valence-corrected chi connectivity index (χ3v) is 15.4. The Morgan fingerprint density at radius 3 is 2.00 bits per heavy atom. The molecule has 5 aromatic carbocycles. The minimum absolute atomic E-state index is 0.0929. The molecule has 2 aromatic heterocycles. The molecule has 4 fully saturated rings. The molecule has 4 aliphatic rings. The van der Waals surface area contributed by atoms with Crippen molar-refractivity contribution >= 4 is 67.6 Å². The van der Waals surface area contributed by atoms with Gasteiger partial charge in [0.05, 0.1) is 48.4 Å². The Morgan fingerprint density at radius 1 is 0.691 bits per heavy atom. The van der Waals surface area contributed by atoms with E-state index in [-0.39, 0.29) is 35.9 Å². The molecule has 4 heterocycles. The Balaban J connectivity index is 0.855. The van der Waals surface area contributed by atoms with Crippen LogP contribution in [-0.4, -0.2) is 86.6 Å². The monoisotopic (exact) mass is 914 g/mol. The summed E-state index contributed by atoms with van der Waals surface area (Å²) < 4.78 is 9.87. The number of imidazole rings is 2. The Morgan fingerprint density at radius 2 is 1.34 bits per heavy atom. The van der Waals surface area contributed by atoms with Crippen molar-refractivity contribution in [3.63, 3.8) is 0 Å². The molecule has 4 N–H and O–H groups in total. The third kappa shape index (κ3) is 7.67. The van der Waals surface area contributed by atoms with Crippen LogP contribution >= 0.6 is 0 Å². The molecule has 350 valence electrons. The van der Waals surface area contributed by atoms with E-state index in [9.17, 15) is 19.2 Å². The molecule has 2 aliphatic carbocycles. The second-order valence-electron chi connectivity index (χ2n) is 19.7. The fourth-order valence-electron chi connectivity index (χ4n) is 12.0. The van der Waals surface area contributed by atoms with E-state index in [2.05, 4.69) is 93.4 Å². The summed E-state index contributed by atoms with van der Waals surface area (Å²) in [4.78, 5) is 75.0. The molecule has 6 atom stereocenters. The Hall–Kier alpha value is -6.96. The van der Waals surface area contributed by atoms with E-state index in [4.69, 9.17) is 19.4 Å². The molecule has 2 saturated carbocycles. The van der Waals surface area contributed by atoms with E-state index in [1.54, 1.807) is 0 Å². The molecular formula is C54H58N8O6. The van der Waals surface area contributed by atoms with Crippen molar-refractivity contribution in [2.24, 2.45) is 11.8 Å². The number of aromatic amines is 2. The average molecular weight is 915 g/mol. The van der Waals surface area contributed by atoms with Crippen LogP contribution in [0.1, 0.15) is 118 Å². The van der Waals surface area contributed by atoms with Gasteiger partial charge in [-0.15, -0.1) is 0 Å². The minimum Gasteiger partial charge on any atom is -0.453 e. The number of aromatic nitrogens is 4. The number of alkyl carbamates (subject to hydrolysis) is 2. The number of H-pyrrole nitrogens is 2. The number of benzene rings is 5. The zero-order chi connectivity index (χ0) is 46.8. The van der Waals surface area contributed by atoms with Gasteiger partial charge in [-0.05, 0) is 120 Å². The SMILES string of the molecule is COC(=O)N[C@H](C(=O)N1[C@@H]2CC[C@@H](C2)[C@H]1c1nc2c(ccc3cc(-c4ccc5c(ccc6[nH]c([C@@H]7CCCN7C(=O)[C@H](NC(=O)OC)c7cccc(C8CCCC8)c7)nc65)c4)ccc32)[nH]1)C(C)C. The lowest BCUT2D eigenvalue weighted by Gasteiger charge is -2.37. The van der Waals surface area contributed by atoms with E-state index in [0.29, 0.717) is 18.4 Å². The van der Waals surface area contributed by atoms with Gasteiger partial charge in [0, 0.05) is 23.4 Å². The summed E-state index contributed by atoms with van der Waals surface area (Å²) in [5, 5.41) is 9.79. The standard InChI is InChI=1S/C54H58N8O6/c1-29(2)44(59-53(65)67-3)52(64)62-38-19-14-37(28-38)48(62)50-56-42-23-18-35-26-33(16-21-40(35)47(42)58-50)32-15-20-39-34(25-32)17-22-41-46(39)57-49(55-41)43-13-8-24-61(43)51(63)45(60-54(66)68-4)36-12-7-11-31(27-36)30-9-5-6-10-30/h7,11-12,15-18,20-23,25-27,29-30,37-38,43-45,48H,5-6,8-10,13-14,19,24,28H2,1-4H3,(H,55,57)(H,56,58)(H,59,65)(H,60,66)/t37-,38+,43-,44-,45+,48-/m0/s1. The number of nitrogens with one attached hydrogen (secondary N) is 4. The van der Waals surface area contributed by atoms with Gasteiger partial charge in [-0.1, -0.05) is 87.4 Å². The van der Waals surface area contributed by atoms with Gasteiger partial charge in [0.1, 0.15) is 23.7 Å². The number of hydrogen-bond donors (Lipinski definition) is 4. The van der Waals surface area contributed by atoms with E-state index >= 15 is 0 Å². The molecule has 14 heteroatoms. The van der Waals surface area contributed by atoms with Gasteiger partial charge in [-0.3, -0.25) is 9.59 Å². The molecule has 11 rings (SSSR count). The lowest BCUT2D eigenvalue weighted by atomic mass is 9.93. The van der Waals surface area contributed by atoms with Crippen LogP contribution in [0.5, 0.6) is 0 Å². The molecule has 0 radical (unpaired) electrons. The van der Waals surface area contributed by atoms with Crippen LogP contribution in [0.15, 0.2) is 84.9 Å². The van der Waals surface area contributed by atoms with Gasteiger partial charge >= 0.3 is 12.2 Å². The topological polar surface area (TPSA) is 175 Å². The summed E-state index contributed by atoms with van der Waals surface area (Å²) in [6, 6.07) is 27.5. The lowest BCUT2D eigenvalue weighted by molar-refractivity contribution is -0.139. The highest BCUT2D eigenvalue weighted by Gasteiger charge is 2.51. The number of amides is 4. The van der Waals surface area contributed by atoms with E-state index in [1.807, 2.05) is 35.8 Å². The summed E-state index contributed by atoms with van der Waals surface area (Å²) in [7, 11) is 2.63. The van der Waals surface area contributed by atoms with Crippen LogP contribution in [0, 0.1) is 11.8 Å². The first kappa shape index (κ1) is 43.6. The fourth-order valence-corrected chi connectivity index (χ4v) is 12.0. The zero-order valence-corrected chi connectivity index (χ0v) is 39.0. The second-order valence-corrected chi connectivity index (χ2v) is 19.7. The first-order valence-electron chi connectivity index (χ1n) is 24.3. The number of piperidine rings is 1. The quantitative estimate of drug-likeness (QED) is 0.105. The number of ether oxygens (including phenoxy) is 2. The molecule has 2 saturated heterocycles. The molecule has 14 nitrogen and oxygen atoms in total. The predicted molar refractivity (Wildman–Crippen MR) is 261 cm³/mol. The summed E-state index contributed by atoms with van der Waals surface area (Å²) in [6.07, 6.45) is 7.91. The van der Waals surface area contributed by atoms with Crippen molar-refractivity contribution < 1.29 is 28.7 Å². The number of carbonyl (C=O) groups is 4. The van der Waals surface area contributed by atoms with Crippen molar-refractivity contribution in [2.75, 3.05) is 20.8 Å². The van der Waals surface area contributed by atoms with Gasteiger partial charge in [0.15, 0.2) is 0 Å². The lowest BCUT2D eigenvalue weighted by Crippen LogP contribution is -2.54. The number of carbonyl (C=O) groups excluding carboxylic acids is 4. The van der Waals surface area contributed by atoms with Gasteiger partial charge < -0.3 is 39.9 Å². The number of nitrogens with zero attached hydrogens (tertiary/aromatic N) is 4. The van der Waals surface area contributed by atoms with Crippen LogP contribution in [-0.2, 0) is 19.1 Å². The molecule has 68 heavy (non-hydrogen) atoms. The molecule has 0 unspecified atom stereocenters. The molecule has 2 bridgehead atoms. The maximum Gasteiger partial charge on any atom is 0.407 e. The van der Waals surface area contributed by atoms with Crippen molar-refractivity contribution in [2.45, 2.75) is 108 Å². The zero-order valence-electron chi connectivity index (χ0n) is 39.0. The van der Waals surface area contributed by atoms with Crippen LogP contribution in [0.3, 0.4) is 0 Å². The Bertz CT molecular complexity index is 3120. The molecule has 2 aliphatic heterocycles. The van der Waals surface area contributed by atoms with Crippen LogP contribution in [0.2, 0.25) is 0 Å². The maximum atomic E-state index is 14.5. The van der Waals surface area contributed by atoms with Gasteiger partial charge in [0.2, 0.25) is 5.91 Å². The number of hydrogen-bond acceptors (Lipinski definition) is 8. The first-order chi connectivity index (χ1) is 33.1. The van der Waals surface area contributed by atoms with E-state index in [1.165, 1.54) is 32.6 Å². The van der Waals surface area contributed by atoms with Crippen LogP contribution in [0.25, 0.3) is 54.7 Å². The number of likely N-dealkylation sites (tertiary alicyclic amines) is 2. The average Bonchev–Trinajstić information content (AvgIpc) is 4.23. The summed E-state index contributed by atoms with van der Waals surface area (Å²) in [6.45, 7) is 4.43. The molecule has 4 amide bonds. The number of rotatable bonds is 10. The van der Waals surface area contributed by atoms with Crippen molar-refractivity contribution in [1.29, 1.82) is 0 Å². The highest BCUT2D eigenvalue weighted by Crippen LogP contribution is 2.50. The van der Waals surface area contributed by atoms with Crippen molar-refractivity contribution in [3.05, 3.63) is 108 Å². The summed E-state index contributed by atoms with van der Waals surface area (Å²) >= 11 is 0. The predicted octanol–water partition coefficient (Wildman–Crippen LogP) is 10.3. The van der Waals surface area contributed by atoms with Crippen molar-refractivity contribution in [1.82, 2.24) is 40.4 Å². The van der Waals surface area contributed by atoms with Gasteiger partial charge in [0.25, 0.3) is 5.91 Å². The molecule has 7 aromatic rings. The number of methoxy groups -OCH3 is 2. The Kier molecular flexibility index (Phi) is 11.3. The van der Waals surface area contributed by atoms with Crippen LogP contribution in [0.4, 0.5) is 9.59 Å².